The number of halogens is 5. The normalized spacial score (nSPS) is 19.5. The Balaban J connectivity index is 1.35. The van der Waals surface area contributed by atoms with Crippen molar-refractivity contribution >= 4 is 17.7 Å². The van der Waals surface area contributed by atoms with Crippen molar-refractivity contribution in [2.45, 2.75) is 38.6 Å². The lowest BCUT2D eigenvalue weighted by atomic mass is 9.91. The second kappa shape index (κ2) is 15.4. The minimum absolute atomic E-state index is 0.0164. The van der Waals surface area contributed by atoms with Crippen LogP contribution in [0.25, 0.3) is 11.1 Å². The van der Waals surface area contributed by atoms with Gasteiger partial charge in [0, 0.05) is 29.5 Å². The molecule has 4 aromatic rings. The summed E-state index contributed by atoms with van der Waals surface area (Å²) in [6.45, 7) is 1.79. The highest BCUT2D eigenvalue weighted by Crippen LogP contribution is 2.43. The van der Waals surface area contributed by atoms with Gasteiger partial charge in [-0.15, -0.1) is 0 Å². The first kappa shape index (κ1) is 34.5. The summed E-state index contributed by atoms with van der Waals surface area (Å²) >= 11 is 1.59. The van der Waals surface area contributed by atoms with E-state index in [0.29, 0.717) is 17.1 Å². The standard InChI is InChI=1S/C35H32F5NO5S/c1-19-26(18-47-13-12-42)45-35(46-33(19)22-10-8-20(17-43)9-11-22)25-7-3-6-24(15-25)23-5-2-4-21(14-23)16-41-34(44)27-28(36)30(38)32(40)31(39)29(27)37/h2-11,14-15,19,26,33,35,42-43H,12-13,16-18H2,1H3,(H,41,44)/t19-,26+,33+,35+/m0/s1. The molecule has 47 heavy (non-hydrogen) atoms. The number of ether oxygens (including phenoxy) is 2. The van der Waals surface area contributed by atoms with Crippen LogP contribution in [-0.2, 0) is 22.6 Å². The van der Waals surface area contributed by atoms with Gasteiger partial charge in [-0.2, -0.15) is 11.8 Å². The van der Waals surface area contributed by atoms with Crippen LogP contribution in [-0.4, -0.2) is 40.3 Å². The maximum Gasteiger partial charge on any atom is 0.257 e. The van der Waals surface area contributed by atoms with Gasteiger partial charge in [0.25, 0.3) is 5.91 Å². The second-order valence-electron chi connectivity index (χ2n) is 11.1. The number of amides is 1. The number of thioether (sulfide) groups is 1. The van der Waals surface area contributed by atoms with Crippen LogP contribution in [0.2, 0.25) is 0 Å². The van der Waals surface area contributed by atoms with Gasteiger partial charge in [0.1, 0.15) is 5.56 Å². The molecule has 0 bridgehead atoms. The summed E-state index contributed by atoms with van der Waals surface area (Å²) in [5.74, 6) is -11.4. The summed E-state index contributed by atoms with van der Waals surface area (Å²) in [6.07, 6.45) is -1.23. The number of carbonyl (C=O) groups is 1. The van der Waals surface area contributed by atoms with Gasteiger partial charge in [0.15, 0.2) is 29.6 Å². The van der Waals surface area contributed by atoms with Crippen LogP contribution >= 0.6 is 11.8 Å². The fraction of sp³-hybridized carbons (Fsp3) is 0.286. The fourth-order valence-corrected chi connectivity index (χ4v) is 6.28. The van der Waals surface area contributed by atoms with Crippen molar-refractivity contribution in [3.63, 3.8) is 0 Å². The molecule has 1 fully saturated rings. The molecule has 1 aliphatic heterocycles. The van der Waals surface area contributed by atoms with Gasteiger partial charge in [-0.1, -0.05) is 67.6 Å². The summed E-state index contributed by atoms with van der Waals surface area (Å²) in [7, 11) is 0. The number of benzene rings is 4. The summed E-state index contributed by atoms with van der Waals surface area (Å²) in [6, 6.07) is 21.9. The van der Waals surface area contributed by atoms with Gasteiger partial charge >= 0.3 is 0 Å². The van der Waals surface area contributed by atoms with Crippen molar-refractivity contribution in [1.82, 2.24) is 5.32 Å². The SMILES string of the molecule is C[C@H]1[C@@H](CSCCO)O[C@@H](c2cccc(-c3cccc(CNC(=O)c4c(F)c(F)c(F)c(F)c4F)c3)c2)O[C@H]1c1ccc(CO)cc1. The van der Waals surface area contributed by atoms with Crippen molar-refractivity contribution in [1.29, 1.82) is 0 Å². The van der Waals surface area contributed by atoms with E-state index in [1.165, 1.54) is 0 Å². The van der Waals surface area contributed by atoms with E-state index in [9.17, 15) is 37.0 Å². The highest BCUT2D eigenvalue weighted by atomic mass is 32.2. The molecule has 3 N–H and O–H groups in total. The minimum Gasteiger partial charge on any atom is -0.396 e. The Morgan fingerprint density at radius 1 is 0.787 bits per heavy atom. The molecule has 1 saturated heterocycles. The topological polar surface area (TPSA) is 88.0 Å². The van der Waals surface area contributed by atoms with Crippen molar-refractivity contribution in [3.05, 3.63) is 130 Å². The van der Waals surface area contributed by atoms with Crippen molar-refractivity contribution < 1.29 is 46.4 Å². The molecule has 12 heteroatoms. The van der Waals surface area contributed by atoms with Gasteiger partial charge in [0.2, 0.25) is 5.82 Å². The number of carbonyl (C=O) groups excluding carboxylic acids is 1. The van der Waals surface area contributed by atoms with Gasteiger partial charge < -0.3 is 25.0 Å². The molecule has 4 aromatic carbocycles. The second-order valence-corrected chi connectivity index (χ2v) is 12.2. The predicted octanol–water partition coefficient (Wildman–Crippen LogP) is 6.99. The summed E-state index contributed by atoms with van der Waals surface area (Å²) in [4.78, 5) is 12.4. The third kappa shape index (κ3) is 7.68. The van der Waals surface area contributed by atoms with E-state index in [4.69, 9.17) is 9.47 Å². The first-order valence-corrected chi connectivity index (χ1v) is 16.0. The third-order valence-electron chi connectivity index (χ3n) is 7.95. The largest absolute Gasteiger partial charge is 0.396 e. The van der Waals surface area contributed by atoms with Crippen molar-refractivity contribution in [2.75, 3.05) is 18.1 Å². The fourth-order valence-electron chi connectivity index (χ4n) is 5.37. The Bertz CT molecular complexity index is 1690. The van der Waals surface area contributed by atoms with E-state index in [1.807, 2.05) is 54.6 Å². The van der Waals surface area contributed by atoms with E-state index in [-0.39, 0.29) is 37.9 Å². The average molecular weight is 674 g/mol. The Hall–Kier alpha value is -3.81. The van der Waals surface area contributed by atoms with Crippen LogP contribution in [0.15, 0.2) is 72.8 Å². The van der Waals surface area contributed by atoms with E-state index in [1.54, 1.807) is 30.0 Å². The highest BCUT2D eigenvalue weighted by Gasteiger charge is 2.38. The van der Waals surface area contributed by atoms with Crippen LogP contribution in [0.4, 0.5) is 22.0 Å². The van der Waals surface area contributed by atoms with Crippen LogP contribution in [0.3, 0.4) is 0 Å². The molecule has 0 spiro atoms. The summed E-state index contributed by atoms with van der Waals surface area (Å²) in [5.41, 5.74) is 2.93. The Kier molecular flexibility index (Phi) is 11.3. The molecule has 5 rings (SSSR count). The molecular weight excluding hydrogens is 641 g/mol. The van der Waals surface area contributed by atoms with Crippen LogP contribution in [0.5, 0.6) is 0 Å². The molecule has 0 radical (unpaired) electrons. The molecule has 6 nitrogen and oxygen atoms in total. The Labute approximate surface area is 272 Å². The zero-order chi connectivity index (χ0) is 33.7. The molecule has 1 amide bonds. The van der Waals surface area contributed by atoms with Gasteiger partial charge in [-0.3, -0.25) is 4.79 Å². The Morgan fingerprint density at radius 2 is 1.43 bits per heavy atom. The maximum atomic E-state index is 14.1. The van der Waals surface area contributed by atoms with Crippen molar-refractivity contribution in [3.8, 4) is 11.1 Å². The highest BCUT2D eigenvalue weighted by molar-refractivity contribution is 7.99. The van der Waals surface area contributed by atoms with Gasteiger partial charge in [-0.05, 0) is 39.9 Å². The third-order valence-corrected chi connectivity index (χ3v) is 8.99. The number of rotatable bonds is 11. The number of aliphatic hydroxyl groups excluding tert-OH is 2. The molecule has 248 valence electrons. The van der Waals surface area contributed by atoms with Crippen LogP contribution < -0.4 is 5.32 Å². The molecule has 0 aliphatic carbocycles. The van der Waals surface area contributed by atoms with Crippen LogP contribution in [0, 0.1) is 35.0 Å². The van der Waals surface area contributed by atoms with E-state index >= 15 is 0 Å². The Morgan fingerprint density at radius 3 is 2.09 bits per heavy atom. The van der Waals surface area contributed by atoms with E-state index < -0.39 is 46.8 Å². The zero-order valence-corrected chi connectivity index (χ0v) is 26.0. The number of nitrogens with one attached hydrogen (secondary N) is 1. The number of hydrogen-bond acceptors (Lipinski definition) is 6. The minimum atomic E-state index is -2.34. The molecular formula is C35H32F5NO5S. The smallest absolute Gasteiger partial charge is 0.257 e. The summed E-state index contributed by atoms with van der Waals surface area (Å²) in [5, 5.41) is 21.0. The predicted molar refractivity (Wildman–Crippen MR) is 167 cm³/mol. The molecule has 1 heterocycles. The quantitative estimate of drug-likeness (QED) is 0.0689. The monoisotopic (exact) mass is 673 g/mol. The lowest BCUT2D eigenvalue weighted by Gasteiger charge is -2.41. The van der Waals surface area contributed by atoms with E-state index in [0.717, 1.165) is 27.8 Å². The lowest BCUT2D eigenvalue weighted by molar-refractivity contribution is -0.268. The summed E-state index contributed by atoms with van der Waals surface area (Å²) < 4.78 is 81.8. The number of aliphatic hydroxyl groups is 2. The van der Waals surface area contributed by atoms with E-state index in [2.05, 4.69) is 12.2 Å². The molecule has 0 unspecified atom stereocenters. The first-order valence-electron chi connectivity index (χ1n) is 14.8. The molecule has 0 saturated carbocycles. The first-order chi connectivity index (χ1) is 22.6. The molecule has 4 atom stereocenters. The average Bonchev–Trinajstić information content (AvgIpc) is 3.10. The molecule has 1 aliphatic rings. The lowest BCUT2D eigenvalue weighted by Crippen LogP contribution is -2.38. The zero-order valence-electron chi connectivity index (χ0n) is 25.2. The maximum absolute atomic E-state index is 14.1. The van der Waals surface area contributed by atoms with Crippen molar-refractivity contribution in [2.24, 2.45) is 5.92 Å². The number of hydrogen-bond donors (Lipinski definition) is 3. The van der Waals surface area contributed by atoms with Gasteiger partial charge in [-0.25, -0.2) is 22.0 Å². The van der Waals surface area contributed by atoms with Crippen LogP contribution in [0.1, 0.15) is 51.9 Å². The van der Waals surface area contributed by atoms with Gasteiger partial charge in [0.05, 0.1) is 25.4 Å². The molecule has 0 aromatic heterocycles.